The molecule has 0 aliphatic carbocycles. The molecule has 0 amide bonds. The number of rotatable bonds is 4. The third-order valence-electron chi connectivity index (χ3n) is 6.09. The van der Waals surface area contributed by atoms with Crippen LogP contribution in [0, 0.1) is 7.43 Å². The van der Waals surface area contributed by atoms with Crippen LogP contribution in [-0.4, -0.2) is 61.9 Å². The van der Waals surface area contributed by atoms with Gasteiger partial charge < -0.3 is 27.5 Å². The maximum atomic E-state index is 4.97. The summed E-state index contributed by atoms with van der Waals surface area (Å²) in [5, 5.41) is 7.25. The van der Waals surface area contributed by atoms with Gasteiger partial charge >= 0.3 is 33.5 Å². The number of halogens is 2. The number of fused-ring (bicyclic) bond motifs is 1. The quantitative estimate of drug-likeness (QED) is 0.442. The average Bonchev–Trinajstić information content (AvgIpc) is 2.75. The van der Waals surface area contributed by atoms with Crippen molar-refractivity contribution >= 4 is 34.3 Å². The summed E-state index contributed by atoms with van der Waals surface area (Å²) in [6.07, 6.45) is 19.8. The molecule has 0 saturated carbocycles. The second kappa shape index (κ2) is 12.3. The van der Waals surface area contributed by atoms with Crippen LogP contribution in [0.5, 0.6) is 0 Å². The molecule has 167 valence electrons. The van der Waals surface area contributed by atoms with E-state index in [2.05, 4.69) is 82.0 Å². The van der Waals surface area contributed by atoms with Gasteiger partial charge in [-0.1, -0.05) is 37.4 Å². The molecule has 0 spiro atoms. The van der Waals surface area contributed by atoms with Crippen molar-refractivity contribution in [2.45, 2.75) is 43.6 Å². The number of nitrogens with one attached hydrogen (secondary N) is 2. The normalized spacial score (nSPS) is 25.5. The molecule has 0 bridgehead atoms. The number of dihydropyridines is 2. The summed E-state index contributed by atoms with van der Waals surface area (Å²) >= 11 is -0.181. The molecule has 5 nitrogen and oxygen atoms in total. The van der Waals surface area contributed by atoms with E-state index in [0.29, 0.717) is 17.6 Å². The Morgan fingerprint density at radius 1 is 1.00 bits per heavy atom. The predicted octanol–water partition coefficient (Wildman–Crippen LogP) is 4.24. The van der Waals surface area contributed by atoms with Gasteiger partial charge in [-0.3, -0.25) is 4.99 Å². The summed E-state index contributed by atoms with van der Waals surface area (Å²) in [6, 6.07) is 0.685. The van der Waals surface area contributed by atoms with E-state index >= 15 is 0 Å². The van der Waals surface area contributed by atoms with Gasteiger partial charge in [0.05, 0.1) is 0 Å². The minimum absolute atomic E-state index is 0. The van der Waals surface area contributed by atoms with E-state index in [9.17, 15) is 0 Å². The number of allylic oxidation sites excluding steroid dienone is 4. The average molecular weight is 508 g/mol. The Kier molecular flexibility index (Phi) is 10.4. The molecule has 0 radical (unpaired) electrons. The summed E-state index contributed by atoms with van der Waals surface area (Å²) in [7, 11) is 7.80. The predicted molar refractivity (Wildman–Crippen MR) is 130 cm³/mol. The van der Waals surface area contributed by atoms with Crippen molar-refractivity contribution < 1.29 is 13.4 Å². The fraction of sp³-hybridized carbons (Fsp3) is 0.524. The summed E-state index contributed by atoms with van der Waals surface area (Å²) in [5.74, 6) is 1.27. The van der Waals surface area contributed by atoms with E-state index in [1.165, 1.54) is 31.9 Å². The molecule has 1 saturated heterocycles. The summed E-state index contributed by atoms with van der Waals surface area (Å²) in [6.45, 7) is 9.51. The van der Waals surface area contributed by atoms with Crippen LogP contribution in [0.2, 0.25) is 18.6 Å². The second-order valence-corrected chi connectivity index (χ2v) is 14.8. The summed E-state index contributed by atoms with van der Waals surface area (Å²) < 4.78 is 2.71. The third kappa shape index (κ3) is 5.89. The van der Waals surface area contributed by atoms with E-state index in [-0.39, 0.29) is 20.8 Å². The zero-order chi connectivity index (χ0) is 20.7. The van der Waals surface area contributed by atoms with E-state index in [0.717, 1.165) is 13.1 Å². The third-order valence-corrected chi connectivity index (χ3v) is 10.3. The topological polar surface area (TPSA) is 42.9 Å². The van der Waals surface area contributed by atoms with Crippen LogP contribution in [0.15, 0.2) is 53.8 Å². The van der Waals surface area contributed by atoms with Crippen molar-refractivity contribution in [3.8, 4) is 0 Å². The van der Waals surface area contributed by atoms with E-state index in [1.54, 1.807) is 0 Å². The minimum atomic E-state index is -1.85. The molecule has 2 unspecified atom stereocenters. The van der Waals surface area contributed by atoms with Crippen molar-refractivity contribution in [2.24, 2.45) is 4.99 Å². The van der Waals surface area contributed by atoms with Crippen LogP contribution in [0.1, 0.15) is 12.8 Å². The molecule has 0 aromatic carbocycles. The van der Waals surface area contributed by atoms with Crippen LogP contribution in [0.3, 0.4) is 0 Å². The first-order chi connectivity index (χ1) is 14.1. The van der Waals surface area contributed by atoms with E-state index in [4.69, 9.17) is 25.1 Å². The molecule has 30 heavy (non-hydrogen) atoms. The zero-order valence-corrected chi connectivity index (χ0v) is 21.9. The Bertz CT molecular complexity index is 665. The van der Waals surface area contributed by atoms with Gasteiger partial charge in [0.25, 0.3) is 0 Å². The van der Waals surface area contributed by atoms with Crippen molar-refractivity contribution in [3.05, 3.63) is 56.3 Å². The van der Waals surface area contributed by atoms with Gasteiger partial charge in [-0.05, 0) is 37.4 Å². The molecular formula is C21H34Cl2CrN5Si. The first-order valence-electron chi connectivity index (χ1n) is 10.2. The SMILES string of the molecule is C[Si](C)(C(C1C=CC=CN1)C1C=CC=CN1)N1CCCN2CCCN=C21.[CH3-].[Cl][Cr+][Cl]. The molecule has 1 fully saturated rings. The van der Waals surface area contributed by atoms with E-state index < -0.39 is 8.24 Å². The Balaban J connectivity index is 0.000000757. The Morgan fingerprint density at radius 2 is 1.57 bits per heavy atom. The second-order valence-electron chi connectivity index (χ2n) is 8.14. The van der Waals surface area contributed by atoms with Gasteiger partial charge in [0.2, 0.25) is 0 Å². The van der Waals surface area contributed by atoms with Crippen LogP contribution in [0.25, 0.3) is 0 Å². The van der Waals surface area contributed by atoms with Crippen LogP contribution < -0.4 is 10.6 Å². The molecule has 4 heterocycles. The molecule has 2 atom stereocenters. The van der Waals surface area contributed by atoms with Gasteiger partial charge in [-0.25, -0.2) is 0 Å². The molecule has 0 aromatic rings. The Hall–Kier alpha value is -0.841. The van der Waals surface area contributed by atoms with Crippen molar-refractivity contribution in [3.63, 3.8) is 0 Å². The van der Waals surface area contributed by atoms with Crippen molar-refractivity contribution in [2.75, 3.05) is 26.2 Å². The molecular weight excluding hydrogens is 473 g/mol. The molecule has 4 aliphatic rings. The standard InChI is InChI=1S/C20H31N5Si.CH3.2ClH.Cr/c1-26(2,25-16-8-15-24-14-7-13-23-20(24)25)19(17-9-3-5-11-21-17)18-10-4-6-12-22-18;;;;/h3-6,9-12,17-19,21-22H,7-8,13-16H2,1-2H3;1H3;2*1H;/q;-1;;;+3/p-2. The summed E-state index contributed by atoms with van der Waals surface area (Å²) in [5.41, 5.74) is 0.495. The Morgan fingerprint density at radius 3 is 2.10 bits per heavy atom. The number of nitrogens with zero attached hydrogens (tertiary/aromatic N) is 3. The fourth-order valence-electron chi connectivity index (χ4n) is 4.83. The van der Waals surface area contributed by atoms with Crippen LogP contribution >= 0.6 is 20.1 Å². The van der Waals surface area contributed by atoms with Crippen LogP contribution in [-0.2, 0) is 13.4 Å². The van der Waals surface area contributed by atoms with Gasteiger partial charge in [0.1, 0.15) is 0 Å². The molecule has 4 aliphatic heterocycles. The fourth-order valence-corrected chi connectivity index (χ4v) is 8.82. The number of aliphatic imine (C=N–C) groups is 1. The number of hydrogen-bond donors (Lipinski definition) is 2. The van der Waals surface area contributed by atoms with Crippen molar-refractivity contribution in [1.82, 2.24) is 20.1 Å². The van der Waals surface area contributed by atoms with Gasteiger partial charge in [-0.15, -0.1) is 0 Å². The Labute approximate surface area is 198 Å². The molecule has 2 N–H and O–H groups in total. The number of guanidine groups is 1. The maximum absolute atomic E-state index is 4.97. The van der Waals surface area contributed by atoms with Gasteiger partial charge in [-0.2, -0.15) is 0 Å². The van der Waals surface area contributed by atoms with Gasteiger partial charge in [0.15, 0.2) is 14.2 Å². The van der Waals surface area contributed by atoms with Crippen molar-refractivity contribution in [1.29, 1.82) is 0 Å². The zero-order valence-electron chi connectivity index (χ0n) is 18.1. The van der Waals surface area contributed by atoms with E-state index in [1.807, 2.05) is 0 Å². The number of hydrogen-bond acceptors (Lipinski definition) is 5. The monoisotopic (exact) mass is 506 g/mol. The molecule has 0 aromatic heterocycles. The van der Waals surface area contributed by atoms with Crippen LogP contribution in [0.4, 0.5) is 0 Å². The first-order valence-corrected chi connectivity index (χ1v) is 16.8. The molecule has 9 heteroatoms. The molecule has 4 rings (SSSR count). The summed E-state index contributed by atoms with van der Waals surface area (Å²) in [4.78, 5) is 7.49. The first kappa shape index (κ1) is 25.4. The van der Waals surface area contributed by atoms with Gasteiger partial charge in [0, 0.05) is 43.8 Å².